The monoisotopic (exact) mass is 301 g/mol. The van der Waals surface area contributed by atoms with Gasteiger partial charge in [0.05, 0.1) is 0 Å². The molecule has 0 fully saturated rings. The average molecular weight is 302 g/mol. The number of halogens is 1. The van der Waals surface area contributed by atoms with Crippen molar-refractivity contribution in [1.29, 1.82) is 5.41 Å². The van der Waals surface area contributed by atoms with E-state index in [0.29, 0.717) is 17.2 Å². The molecule has 0 saturated carbocycles. The minimum Gasteiger partial charge on any atom is -0.402 e. The summed E-state index contributed by atoms with van der Waals surface area (Å²) in [5.41, 5.74) is 7.40. The van der Waals surface area contributed by atoms with Crippen LogP contribution in [0.2, 0.25) is 0 Å². The molecule has 0 aliphatic heterocycles. The van der Waals surface area contributed by atoms with Gasteiger partial charge in [0.1, 0.15) is 6.34 Å². The first-order chi connectivity index (χ1) is 7.97. The predicted molar refractivity (Wildman–Crippen MR) is 78.2 cm³/mol. The maximum absolute atomic E-state index is 6.82. The summed E-state index contributed by atoms with van der Waals surface area (Å²) in [6, 6.07) is 0. The number of rotatable bonds is 6. The molecule has 0 bridgehead atoms. The van der Waals surface area contributed by atoms with Gasteiger partial charge in [0.2, 0.25) is 0 Å². The van der Waals surface area contributed by atoms with Gasteiger partial charge in [-0.25, -0.2) is 4.99 Å². The van der Waals surface area contributed by atoms with Crippen LogP contribution in [-0.4, -0.2) is 30.4 Å². The Kier molecular flexibility index (Phi) is 8.31. The van der Waals surface area contributed by atoms with E-state index in [9.17, 15) is 0 Å². The van der Waals surface area contributed by atoms with E-state index in [-0.39, 0.29) is 0 Å². The number of hydrogen-bond acceptors (Lipinski definition) is 3. The largest absolute Gasteiger partial charge is 0.402 e. The molecule has 17 heavy (non-hydrogen) atoms. The smallest absolute Gasteiger partial charge is 0.172 e. The second-order valence-corrected chi connectivity index (χ2v) is 4.75. The van der Waals surface area contributed by atoms with Crippen LogP contribution in [0.15, 0.2) is 21.3 Å². The quantitative estimate of drug-likeness (QED) is 0.397. The highest BCUT2D eigenvalue weighted by Gasteiger charge is 1.99. The van der Waals surface area contributed by atoms with Crippen molar-refractivity contribution < 1.29 is 0 Å². The van der Waals surface area contributed by atoms with Crippen LogP contribution >= 0.6 is 15.9 Å². The maximum Gasteiger partial charge on any atom is 0.172 e. The van der Waals surface area contributed by atoms with Crippen molar-refractivity contribution in [2.24, 2.45) is 21.6 Å². The van der Waals surface area contributed by atoms with E-state index in [1.807, 2.05) is 6.92 Å². The van der Waals surface area contributed by atoms with Crippen LogP contribution in [0.1, 0.15) is 20.8 Å². The van der Waals surface area contributed by atoms with Gasteiger partial charge in [0.25, 0.3) is 0 Å². The molecule has 0 aromatic heterocycles. The molecule has 0 aliphatic carbocycles. The summed E-state index contributed by atoms with van der Waals surface area (Å²) in [5.74, 6) is 0.532. The molecule has 0 spiro atoms. The Morgan fingerprint density at radius 2 is 2.18 bits per heavy atom. The molecule has 0 atom stereocenters. The van der Waals surface area contributed by atoms with Gasteiger partial charge in [-0.15, -0.1) is 0 Å². The van der Waals surface area contributed by atoms with Crippen molar-refractivity contribution in [3.8, 4) is 0 Å². The number of nitrogens with one attached hydrogen (secondary N) is 2. The second-order valence-electron chi connectivity index (χ2n) is 4.00. The zero-order valence-electron chi connectivity index (χ0n) is 10.5. The van der Waals surface area contributed by atoms with E-state index in [1.165, 1.54) is 0 Å². The van der Waals surface area contributed by atoms with Gasteiger partial charge in [-0.2, -0.15) is 0 Å². The van der Waals surface area contributed by atoms with Gasteiger partial charge in [-0.05, 0) is 28.8 Å². The van der Waals surface area contributed by atoms with Crippen LogP contribution < -0.4 is 11.1 Å². The molecular weight excluding hydrogens is 282 g/mol. The van der Waals surface area contributed by atoms with E-state index in [1.54, 1.807) is 6.21 Å². The van der Waals surface area contributed by atoms with Gasteiger partial charge in [-0.3, -0.25) is 10.4 Å². The van der Waals surface area contributed by atoms with Gasteiger partial charge in [-0.1, -0.05) is 13.8 Å². The highest BCUT2D eigenvalue weighted by atomic mass is 79.9. The number of amidine groups is 1. The third kappa shape index (κ3) is 8.62. The first kappa shape index (κ1) is 15.8. The maximum atomic E-state index is 6.82. The summed E-state index contributed by atoms with van der Waals surface area (Å²) < 4.78 is 0.503. The minimum absolute atomic E-state index is 0.503. The van der Waals surface area contributed by atoms with Crippen molar-refractivity contribution in [3.05, 3.63) is 11.3 Å². The van der Waals surface area contributed by atoms with Crippen molar-refractivity contribution in [3.63, 3.8) is 0 Å². The van der Waals surface area contributed by atoms with Crippen molar-refractivity contribution >= 4 is 33.2 Å². The summed E-state index contributed by atoms with van der Waals surface area (Å²) in [6.07, 6.45) is 2.75. The highest BCUT2D eigenvalue weighted by molar-refractivity contribution is 9.18. The number of aliphatic imine (C=N–C) groups is 2. The number of hydrogen-bond donors (Lipinski definition) is 3. The number of nitrogens with zero attached hydrogens (tertiary/aromatic N) is 2. The van der Waals surface area contributed by atoms with E-state index in [2.05, 4.69) is 45.1 Å². The fourth-order valence-corrected chi connectivity index (χ4v) is 1.17. The topological polar surface area (TPSA) is 86.6 Å². The van der Waals surface area contributed by atoms with Gasteiger partial charge >= 0.3 is 0 Å². The van der Waals surface area contributed by atoms with Gasteiger partial charge < -0.3 is 11.1 Å². The van der Waals surface area contributed by atoms with Crippen LogP contribution in [0.5, 0.6) is 0 Å². The molecule has 96 valence electrons. The molecule has 0 rings (SSSR count). The summed E-state index contributed by atoms with van der Waals surface area (Å²) >= 11 is 3.19. The third-order valence-corrected chi connectivity index (χ3v) is 2.31. The normalized spacial score (nSPS) is 14.1. The lowest BCUT2D eigenvalue weighted by Crippen LogP contribution is -2.23. The summed E-state index contributed by atoms with van der Waals surface area (Å²) in [6.45, 7) is 7.37. The zero-order valence-corrected chi connectivity index (χ0v) is 12.1. The van der Waals surface area contributed by atoms with E-state index in [4.69, 9.17) is 11.1 Å². The van der Waals surface area contributed by atoms with Crippen molar-refractivity contribution in [2.75, 3.05) is 13.1 Å². The van der Waals surface area contributed by atoms with Crippen LogP contribution in [0.25, 0.3) is 0 Å². The SMILES string of the molecule is CC(N)=C(C=NCC(C)C)CNC(Br)=NC=N. The molecule has 0 heterocycles. The number of allylic oxidation sites excluding steroid dienone is 1. The fraction of sp³-hybridized carbons (Fsp3) is 0.545. The van der Waals surface area contributed by atoms with Crippen molar-refractivity contribution in [1.82, 2.24) is 5.32 Å². The predicted octanol–water partition coefficient (Wildman–Crippen LogP) is 1.89. The van der Waals surface area contributed by atoms with E-state index in [0.717, 1.165) is 24.2 Å². The summed E-state index contributed by atoms with van der Waals surface area (Å²) in [7, 11) is 0. The summed E-state index contributed by atoms with van der Waals surface area (Å²) in [5, 5.41) is 9.81. The minimum atomic E-state index is 0.503. The molecule has 0 aliphatic rings. The van der Waals surface area contributed by atoms with E-state index < -0.39 is 0 Å². The molecular formula is C11H20BrN5. The van der Waals surface area contributed by atoms with Crippen LogP contribution in [-0.2, 0) is 0 Å². The molecule has 4 N–H and O–H groups in total. The Bertz CT molecular complexity index is 327. The first-order valence-corrected chi connectivity index (χ1v) is 6.17. The van der Waals surface area contributed by atoms with Crippen LogP contribution in [0.4, 0.5) is 0 Å². The number of nitrogens with two attached hydrogens (primary N) is 1. The first-order valence-electron chi connectivity index (χ1n) is 5.38. The lowest BCUT2D eigenvalue weighted by Gasteiger charge is -2.07. The Balaban J connectivity index is 4.38. The van der Waals surface area contributed by atoms with Gasteiger partial charge in [0.15, 0.2) is 4.74 Å². The Morgan fingerprint density at radius 1 is 1.53 bits per heavy atom. The third-order valence-electron chi connectivity index (χ3n) is 1.83. The molecule has 0 radical (unpaired) electrons. The second kappa shape index (κ2) is 8.92. The Hall–Kier alpha value is -1.17. The standard InChI is InChI=1S/C11H20BrN5/c1-8(2)4-15-5-10(9(3)14)6-16-11(12)17-7-13/h5,7-8H,4,6,14H2,1-3H3,(H2,13,16,17). The molecule has 0 amide bonds. The lowest BCUT2D eigenvalue weighted by atomic mass is 10.2. The zero-order chi connectivity index (χ0) is 13.3. The molecule has 0 aromatic carbocycles. The van der Waals surface area contributed by atoms with E-state index >= 15 is 0 Å². The summed E-state index contributed by atoms with van der Waals surface area (Å²) in [4.78, 5) is 8.03. The molecule has 6 heteroatoms. The molecule has 0 unspecified atom stereocenters. The Morgan fingerprint density at radius 3 is 2.65 bits per heavy atom. The molecule has 0 saturated heterocycles. The lowest BCUT2D eigenvalue weighted by molar-refractivity contribution is 0.667. The van der Waals surface area contributed by atoms with Crippen LogP contribution in [0, 0.1) is 11.3 Å². The van der Waals surface area contributed by atoms with Gasteiger partial charge in [0, 0.05) is 30.6 Å². The average Bonchev–Trinajstić information content (AvgIpc) is 2.22. The molecule has 5 nitrogen and oxygen atoms in total. The fourth-order valence-electron chi connectivity index (χ4n) is 0.931. The molecule has 0 aromatic rings. The Labute approximate surface area is 111 Å². The highest BCUT2D eigenvalue weighted by Crippen LogP contribution is 1.97. The van der Waals surface area contributed by atoms with Crippen LogP contribution in [0.3, 0.4) is 0 Å². The van der Waals surface area contributed by atoms with Crippen molar-refractivity contribution in [2.45, 2.75) is 20.8 Å².